The maximum absolute atomic E-state index is 11.4. The number of esters is 1. The zero-order valence-corrected chi connectivity index (χ0v) is 9.79. The van der Waals surface area contributed by atoms with E-state index in [9.17, 15) is 4.79 Å². The molecule has 0 N–H and O–H groups in total. The SMILES string of the molecule is C=CCOc1cc(C(=O)OCC)ccc1Cl. The van der Waals surface area contributed by atoms with Gasteiger partial charge in [0.25, 0.3) is 0 Å². The Morgan fingerprint density at radius 2 is 2.31 bits per heavy atom. The minimum Gasteiger partial charge on any atom is -0.488 e. The van der Waals surface area contributed by atoms with Gasteiger partial charge in [0.15, 0.2) is 0 Å². The Kier molecular flexibility index (Phi) is 4.86. The standard InChI is InChI=1S/C12H13ClO3/c1-3-7-16-11-8-9(5-6-10(11)13)12(14)15-4-2/h3,5-6,8H,1,4,7H2,2H3. The van der Waals surface area contributed by atoms with Crippen LogP contribution in [0, 0.1) is 0 Å². The van der Waals surface area contributed by atoms with Crippen LogP contribution in [-0.4, -0.2) is 19.2 Å². The molecule has 3 nitrogen and oxygen atoms in total. The molecule has 0 fully saturated rings. The zero-order chi connectivity index (χ0) is 12.0. The Bertz CT molecular complexity index is 388. The molecule has 1 rings (SSSR count). The smallest absolute Gasteiger partial charge is 0.338 e. The van der Waals surface area contributed by atoms with E-state index in [0.717, 1.165) is 0 Å². The molecule has 0 heterocycles. The van der Waals surface area contributed by atoms with Crippen molar-refractivity contribution >= 4 is 17.6 Å². The van der Waals surface area contributed by atoms with Gasteiger partial charge in [-0.25, -0.2) is 4.79 Å². The summed E-state index contributed by atoms with van der Waals surface area (Å²) in [7, 11) is 0. The van der Waals surface area contributed by atoms with Crippen molar-refractivity contribution in [3.63, 3.8) is 0 Å². The topological polar surface area (TPSA) is 35.5 Å². The van der Waals surface area contributed by atoms with Crippen molar-refractivity contribution < 1.29 is 14.3 Å². The fourth-order valence-corrected chi connectivity index (χ4v) is 1.28. The van der Waals surface area contributed by atoms with Crippen LogP contribution in [0.15, 0.2) is 30.9 Å². The summed E-state index contributed by atoms with van der Waals surface area (Å²) in [6.07, 6.45) is 1.60. The van der Waals surface area contributed by atoms with Crippen molar-refractivity contribution in [1.82, 2.24) is 0 Å². The highest BCUT2D eigenvalue weighted by atomic mass is 35.5. The maximum Gasteiger partial charge on any atom is 0.338 e. The molecule has 0 spiro atoms. The highest BCUT2D eigenvalue weighted by molar-refractivity contribution is 6.32. The lowest BCUT2D eigenvalue weighted by atomic mass is 10.2. The summed E-state index contributed by atoms with van der Waals surface area (Å²) in [6, 6.07) is 4.76. The van der Waals surface area contributed by atoms with Crippen LogP contribution in [-0.2, 0) is 4.74 Å². The van der Waals surface area contributed by atoms with Gasteiger partial charge in [-0.05, 0) is 25.1 Å². The van der Waals surface area contributed by atoms with Gasteiger partial charge in [0.2, 0.25) is 0 Å². The summed E-state index contributed by atoms with van der Waals surface area (Å²) < 4.78 is 10.2. The number of rotatable bonds is 5. The molecule has 0 aliphatic carbocycles. The molecule has 0 bridgehead atoms. The molecule has 1 aromatic rings. The number of carbonyl (C=O) groups excluding carboxylic acids is 1. The Morgan fingerprint density at radius 1 is 1.56 bits per heavy atom. The van der Waals surface area contributed by atoms with Crippen LogP contribution in [0.25, 0.3) is 0 Å². The van der Waals surface area contributed by atoms with Crippen LogP contribution < -0.4 is 4.74 Å². The average molecular weight is 241 g/mol. The third-order valence-electron chi connectivity index (χ3n) is 1.80. The molecule has 1 aromatic carbocycles. The van der Waals surface area contributed by atoms with Gasteiger partial charge in [0.05, 0.1) is 17.2 Å². The molecule has 0 atom stereocenters. The van der Waals surface area contributed by atoms with E-state index in [0.29, 0.717) is 29.5 Å². The molecule has 0 radical (unpaired) electrons. The van der Waals surface area contributed by atoms with Gasteiger partial charge in [-0.1, -0.05) is 24.3 Å². The first-order valence-electron chi connectivity index (χ1n) is 4.89. The van der Waals surface area contributed by atoms with Crippen molar-refractivity contribution in [1.29, 1.82) is 0 Å². The summed E-state index contributed by atoms with van der Waals surface area (Å²) in [5.74, 6) is 0.0646. The van der Waals surface area contributed by atoms with Gasteiger partial charge in [0, 0.05) is 0 Å². The van der Waals surface area contributed by atoms with E-state index in [2.05, 4.69) is 6.58 Å². The lowest BCUT2D eigenvalue weighted by Gasteiger charge is -2.07. The van der Waals surface area contributed by atoms with Gasteiger partial charge in [-0.2, -0.15) is 0 Å². The van der Waals surface area contributed by atoms with E-state index in [1.54, 1.807) is 31.2 Å². The van der Waals surface area contributed by atoms with E-state index in [1.165, 1.54) is 0 Å². The third-order valence-corrected chi connectivity index (χ3v) is 2.11. The molecule has 0 saturated carbocycles. The Balaban J connectivity index is 2.88. The quantitative estimate of drug-likeness (QED) is 0.586. The first-order valence-corrected chi connectivity index (χ1v) is 5.27. The molecular weight excluding hydrogens is 228 g/mol. The second kappa shape index (κ2) is 6.18. The second-order valence-corrected chi connectivity index (χ2v) is 3.37. The van der Waals surface area contributed by atoms with Crippen LogP contribution in [0.1, 0.15) is 17.3 Å². The molecule has 0 aromatic heterocycles. The van der Waals surface area contributed by atoms with Crippen molar-refractivity contribution in [2.75, 3.05) is 13.2 Å². The van der Waals surface area contributed by atoms with Crippen molar-refractivity contribution in [2.45, 2.75) is 6.92 Å². The molecule has 0 saturated heterocycles. The largest absolute Gasteiger partial charge is 0.488 e. The fraction of sp³-hybridized carbons (Fsp3) is 0.250. The number of ether oxygens (including phenoxy) is 2. The van der Waals surface area contributed by atoms with E-state index in [-0.39, 0.29) is 5.97 Å². The first kappa shape index (κ1) is 12.6. The van der Waals surface area contributed by atoms with Crippen molar-refractivity contribution in [2.24, 2.45) is 0 Å². The third kappa shape index (κ3) is 3.28. The van der Waals surface area contributed by atoms with Gasteiger partial charge in [0.1, 0.15) is 12.4 Å². The summed E-state index contributed by atoms with van der Waals surface area (Å²) >= 11 is 5.90. The summed E-state index contributed by atoms with van der Waals surface area (Å²) in [5, 5.41) is 0.454. The minimum atomic E-state index is -0.386. The number of benzene rings is 1. The van der Waals surface area contributed by atoms with Crippen LogP contribution in [0.2, 0.25) is 5.02 Å². The number of halogens is 1. The molecule has 4 heteroatoms. The predicted octanol–water partition coefficient (Wildman–Crippen LogP) is 3.08. The molecule has 0 unspecified atom stereocenters. The predicted molar refractivity (Wildman–Crippen MR) is 63.1 cm³/mol. The monoisotopic (exact) mass is 240 g/mol. The van der Waals surface area contributed by atoms with E-state index >= 15 is 0 Å². The summed E-state index contributed by atoms with van der Waals surface area (Å²) in [6.45, 7) is 5.96. The van der Waals surface area contributed by atoms with Crippen LogP contribution in [0.3, 0.4) is 0 Å². The van der Waals surface area contributed by atoms with Crippen molar-refractivity contribution in [3.05, 3.63) is 41.4 Å². The van der Waals surface area contributed by atoms with Gasteiger partial charge >= 0.3 is 5.97 Å². The molecule has 0 aliphatic heterocycles. The van der Waals surface area contributed by atoms with Gasteiger partial charge in [-0.15, -0.1) is 0 Å². The highest BCUT2D eigenvalue weighted by Gasteiger charge is 2.10. The Morgan fingerprint density at radius 3 is 2.94 bits per heavy atom. The molecule has 0 aliphatic rings. The van der Waals surface area contributed by atoms with E-state index in [4.69, 9.17) is 21.1 Å². The minimum absolute atomic E-state index is 0.338. The van der Waals surface area contributed by atoms with Crippen LogP contribution >= 0.6 is 11.6 Å². The Hall–Kier alpha value is -1.48. The number of hydrogen-bond donors (Lipinski definition) is 0. The maximum atomic E-state index is 11.4. The van der Waals surface area contributed by atoms with E-state index in [1.807, 2.05) is 0 Å². The highest BCUT2D eigenvalue weighted by Crippen LogP contribution is 2.25. The van der Waals surface area contributed by atoms with Crippen molar-refractivity contribution in [3.8, 4) is 5.75 Å². The molecule has 0 amide bonds. The molecule has 86 valence electrons. The zero-order valence-electron chi connectivity index (χ0n) is 9.03. The summed E-state index contributed by atoms with van der Waals surface area (Å²) in [4.78, 5) is 11.4. The van der Waals surface area contributed by atoms with Crippen LogP contribution in [0.5, 0.6) is 5.75 Å². The number of carbonyl (C=O) groups is 1. The van der Waals surface area contributed by atoms with Crippen LogP contribution in [0.4, 0.5) is 0 Å². The fourth-order valence-electron chi connectivity index (χ4n) is 1.10. The van der Waals surface area contributed by atoms with Gasteiger partial charge in [-0.3, -0.25) is 0 Å². The Labute approximate surface area is 99.6 Å². The van der Waals surface area contributed by atoms with Gasteiger partial charge < -0.3 is 9.47 Å². The molecule has 16 heavy (non-hydrogen) atoms. The molecular formula is C12H13ClO3. The van der Waals surface area contributed by atoms with E-state index < -0.39 is 0 Å². The number of hydrogen-bond acceptors (Lipinski definition) is 3. The average Bonchev–Trinajstić information content (AvgIpc) is 2.28. The lowest BCUT2D eigenvalue weighted by molar-refractivity contribution is 0.0526. The first-order chi connectivity index (χ1) is 7.69. The second-order valence-electron chi connectivity index (χ2n) is 2.97. The lowest BCUT2D eigenvalue weighted by Crippen LogP contribution is -2.05. The summed E-state index contributed by atoms with van der Waals surface area (Å²) in [5.41, 5.74) is 0.422. The normalized spacial score (nSPS) is 9.62.